The SMILES string of the molecule is C=C(CN1CCCC1=O)C(CCCCCC)CCCCCC. The highest BCUT2D eigenvalue weighted by Gasteiger charge is 2.22. The zero-order valence-electron chi connectivity index (χ0n) is 15.0. The highest BCUT2D eigenvalue weighted by molar-refractivity contribution is 5.78. The van der Waals surface area contributed by atoms with Gasteiger partial charge in [-0.15, -0.1) is 0 Å². The lowest BCUT2D eigenvalue weighted by atomic mass is 9.88. The molecule has 128 valence electrons. The largest absolute Gasteiger partial charge is 0.339 e. The molecular formula is C20H37NO. The maximum absolute atomic E-state index is 11.8. The number of nitrogens with zero attached hydrogens (tertiary/aromatic N) is 1. The summed E-state index contributed by atoms with van der Waals surface area (Å²) in [5, 5.41) is 0. The second kappa shape index (κ2) is 11.7. The fourth-order valence-electron chi connectivity index (χ4n) is 3.43. The number of hydrogen-bond donors (Lipinski definition) is 0. The molecule has 0 bridgehead atoms. The van der Waals surface area contributed by atoms with E-state index < -0.39 is 0 Å². The molecule has 0 N–H and O–H groups in total. The van der Waals surface area contributed by atoms with Crippen LogP contribution in [0.5, 0.6) is 0 Å². The van der Waals surface area contributed by atoms with Crippen LogP contribution in [-0.4, -0.2) is 23.9 Å². The molecule has 0 unspecified atom stereocenters. The Bertz CT molecular complexity index is 312. The van der Waals surface area contributed by atoms with Gasteiger partial charge in [0.25, 0.3) is 0 Å². The van der Waals surface area contributed by atoms with Crippen LogP contribution in [0.3, 0.4) is 0 Å². The molecule has 0 aromatic rings. The molecule has 1 aliphatic heterocycles. The lowest BCUT2D eigenvalue weighted by Crippen LogP contribution is -2.28. The number of likely N-dealkylation sites (tertiary alicyclic amines) is 1. The molecule has 0 radical (unpaired) electrons. The van der Waals surface area contributed by atoms with Gasteiger partial charge in [0.2, 0.25) is 5.91 Å². The molecule has 0 atom stereocenters. The minimum atomic E-state index is 0.330. The van der Waals surface area contributed by atoms with Crippen LogP contribution in [0.15, 0.2) is 12.2 Å². The fourth-order valence-corrected chi connectivity index (χ4v) is 3.43. The van der Waals surface area contributed by atoms with Crippen molar-refractivity contribution in [2.24, 2.45) is 5.92 Å². The second-order valence-corrected chi connectivity index (χ2v) is 6.97. The molecule has 0 saturated carbocycles. The average molecular weight is 308 g/mol. The predicted octanol–water partition coefficient (Wildman–Crippen LogP) is 5.72. The van der Waals surface area contributed by atoms with E-state index in [1.54, 1.807) is 0 Å². The van der Waals surface area contributed by atoms with Crippen LogP contribution >= 0.6 is 0 Å². The van der Waals surface area contributed by atoms with E-state index in [0.29, 0.717) is 11.8 Å². The van der Waals surface area contributed by atoms with Crippen molar-refractivity contribution in [3.63, 3.8) is 0 Å². The molecule has 0 aliphatic carbocycles. The van der Waals surface area contributed by atoms with E-state index in [9.17, 15) is 4.79 Å². The summed E-state index contributed by atoms with van der Waals surface area (Å²) in [6, 6.07) is 0. The van der Waals surface area contributed by atoms with Crippen molar-refractivity contribution in [1.29, 1.82) is 0 Å². The molecule has 2 nitrogen and oxygen atoms in total. The van der Waals surface area contributed by atoms with Gasteiger partial charge in [0.15, 0.2) is 0 Å². The number of hydrogen-bond acceptors (Lipinski definition) is 1. The monoisotopic (exact) mass is 307 g/mol. The Morgan fingerprint density at radius 2 is 1.64 bits per heavy atom. The molecule has 1 aliphatic rings. The lowest BCUT2D eigenvalue weighted by molar-refractivity contribution is -0.127. The Labute approximate surface area is 138 Å². The topological polar surface area (TPSA) is 20.3 Å². The molecule has 1 fully saturated rings. The molecule has 0 aromatic heterocycles. The van der Waals surface area contributed by atoms with Gasteiger partial charge in [0.1, 0.15) is 0 Å². The van der Waals surface area contributed by atoms with Gasteiger partial charge in [0.05, 0.1) is 0 Å². The summed E-state index contributed by atoms with van der Waals surface area (Å²) < 4.78 is 0. The average Bonchev–Trinajstić information content (AvgIpc) is 2.90. The van der Waals surface area contributed by atoms with Gasteiger partial charge in [-0.1, -0.05) is 77.4 Å². The van der Waals surface area contributed by atoms with Gasteiger partial charge >= 0.3 is 0 Å². The van der Waals surface area contributed by atoms with Crippen LogP contribution in [0, 0.1) is 5.92 Å². The standard InChI is InChI=1S/C20H37NO/c1-4-6-8-10-13-19(14-11-9-7-5-2)18(3)17-21-16-12-15-20(21)22/h19H,3-17H2,1-2H3. The Balaban J connectivity index is 2.39. The zero-order chi connectivity index (χ0) is 16.2. The third-order valence-electron chi connectivity index (χ3n) is 4.95. The number of rotatable bonds is 13. The fraction of sp³-hybridized carbons (Fsp3) is 0.850. The van der Waals surface area contributed by atoms with E-state index in [0.717, 1.165) is 25.9 Å². The number of amides is 1. The molecule has 1 amide bonds. The number of carbonyl (C=O) groups is 1. The summed E-state index contributed by atoms with van der Waals surface area (Å²) >= 11 is 0. The molecule has 22 heavy (non-hydrogen) atoms. The van der Waals surface area contributed by atoms with Crippen molar-refractivity contribution in [1.82, 2.24) is 4.90 Å². The van der Waals surface area contributed by atoms with Crippen LogP contribution in [0.1, 0.15) is 90.9 Å². The quantitative estimate of drug-likeness (QED) is 0.315. The Kier molecular flexibility index (Phi) is 10.3. The smallest absolute Gasteiger partial charge is 0.222 e. The molecular weight excluding hydrogens is 270 g/mol. The third kappa shape index (κ3) is 7.47. The highest BCUT2D eigenvalue weighted by atomic mass is 16.2. The first-order chi connectivity index (χ1) is 10.7. The summed E-state index contributed by atoms with van der Waals surface area (Å²) in [5.41, 5.74) is 1.31. The summed E-state index contributed by atoms with van der Waals surface area (Å²) in [6.07, 6.45) is 14.9. The minimum Gasteiger partial charge on any atom is -0.339 e. The first-order valence-corrected chi connectivity index (χ1v) is 9.64. The van der Waals surface area contributed by atoms with Gasteiger partial charge in [-0.3, -0.25) is 4.79 Å². The third-order valence-corrected chi connectivity index (χ3v) is 4.95. The minimum absolute atomic E-state index is 0.330. The van der Waals surface area contributed by atoms with Crippen LogP contribution in [0.25, 0.3) is 0 Å². The first kappa shape index (κ1) is 19.3. The maximum Gasteiger partial charge on any atom is 0.222 e. The number of unbranched alkanes of at least 4 members (excludes halogenated alkanes) is 6. The summed E-state index contributed by atoms with van der Waals surface area (Å²) in [5.74, 6) is 0.957. The molecule has 0 spiro atoms. The van der Waals surface area contributed by atoms with Crippen molar-refractivity contribution < 1.29 is 4.79 Å². The normalized spacial score (nSPS) is 15.0. The van der Waals surface area contributed by atoms with Crippen molar-refractivity contribution in [3.8, 4) is 0 Å². The molecule has 1 saturated heterocycles. The van der Waals surface area contributed by atoms with E-state index in [2.05, 4.69) is 20.4 Å². The molecule has 1 heterocycles. The zero-order valence-corrected chi connectivity index (χ0v) is 15.0. The van der Waals surface area contributed by atoms with Crippen molar-refractivity contribution in [3.05, 3.63) is 12.2 Å². The Hall–Kier alpha value is -0.790. The van der Waals surface area contributed by atoms with E-state index in [-0.39, 0.29) is 0 Å². The summed E-state index contributed by atoms with van der Waals surface area (Å²) in [7, 11) is 0. The summed E-state index contributed by atoms with van der Waals surface area (Å²) in [6.45, 7) is 10.6. The maximum atomic E-state index is 11.8. The second-order valence-electron chi connectivity index (χ2n) is 6.97. The molecule has 2 heteroatoms. The predicted molar refractivity (Wildman–Crippen MR) is 96.0 cm³/mol. The Morgan fingerprint density at radius 1 is 1.05 bits per heavy atom. The van der Waals surface area contributed by atoms with Gasteiger partial charge in [-0.25, -0.2) is 0 Å². The van der Waals surface area contributed by atoms with Crippen LogP contribution < -0.4 is 0 Å². The summed E-state index contributed by atoms with van der Waals surface area (Å²) in [4.78, 5) is 13.8. The van der Waals surface area contributed by atoms with Crippen molar-refractivity contribution in [2.75, 3.05) is 13.1 Å². The van der Waals surface area contributed by atoms with Gasteiger partial charge in [0, 0.05) is 19.5 Å². The van der Waals surface area contributed by atoms with E-state index in [4.69, 9.17) is 0 Å². The lowest BCUT2D eigenvalue weighted by Gasteiger charge is -2.24. The number of carbonyl (C=O) groups excluding carboxylic acids is 1. The molecule has 1 rings (SSSR count). The van der Waals surface area contributed by atoms with Crippen LogP contribution in [0.4, 0.5) is 0 Å². The van der Waals surface area contributed by atoms with E-state index >= 15 is 0 Å². The van der Waals surface area contributed by atoms with E-state index in [1.807, 2.05) is 4.90 Å². The first-order valence-electron chi connectivity index (χ1n) is 9.64. The highest BCUT2D eigenvalue weighted by Crippen LogP contribution is 2.26. The van der Waals surface area contributed by atoms with Crippen LogP contribution in [0.2, 0.25) is 0 Å². The Morgan fingerprint density at radius 3 is 2.09 bits per heavy atom. The van der Waals surface area contributed by atoms with Crippen LogP contribution in [-0.2, 0) is 4.79 Å². The van der Waals surface area contributed by atoms with Crippen molar-refractivity contribution in [2.45, 2.75) is 90.9 Å². The van der Waals surface area contributed by atoms with Gasteiger partial charge < -0.3 is 4.90 Å². The van der Waals surface area contributed by atoms with Gasteiger partial charge in [-0.2, -0.15) is 0 Å². The van der Waals surface area contributed by atoms with Crippen molar-refractivity contribution >= 4 is 5.91 Å². The van der Waals surface area contributed by atoms with E-state index in [1.165, 1.54) is 69.8 Å². The van der Waals surface area contributed by atoms with Gasteiger partial charge in [-0.05, 0) is 25.2 Å². The molecule has 0 aromatic carbocycles.